The third-order valence-corrected chi connectivity index (χ3v) is 7.21. The number of carbonyl (C=O) groups is 1. The van der Waals surface area contributed by atoms with Gasteiger partial charge in [-0.25, -0.2) is 13.5 Å². The zero-order valence-corrected chi connectivity index (χ0v) is 20.5. The van der Waals surface area contributed by atoms with E-state index in [1.807, 2.05) is 12.1 Å². The molecule has 186 valence electrons. The molecule has 0 aliphatic carbocycles. The lowest BCUT2D eigenvalue weighted by Crippen LogP contribution is -2.39. The number of likely N-dealkylation sites (tertiary alicyclic amines) is 1. The minimum absolute atomic E-state index is 0.0844. The first-order chi connectivity index (χ1) is 17.3. The van der Waals surface area contributed by atoms with Crippen molar-refractivity contribution in [1.82, 2.24) is 14.7 Å². The number of halogens is 2. The quantitative estimate of drug-likeness (QED) is 0.492. The van der Waals surface area contributed by atoms with Crippen molar-refractivity contribution in [1.29, 1.82) is 5.26 Å². The molecule has 2 aromatic carbocycles. The fourth-order valence-corrected chi connectivity index (χ4v) is 5.21. The average Bonchev–Trinajstić information content (AvgIpc) is 3.50. The molecule has 2 fully saturated rings. The van der Waals surface area contributed by atoms with Gasteiger partial charge in [-0.3, -0.25) is 4.79 Å². The van der Waals surface area contributed by atoms with E-state index < -0.39 is 11.6 Å². The summed E-state index contributed by atoms with van der Waals surface area (Å²) in [6.45, 7) is 7.34. The van der Waals surface area contributed by atoms with Gasteiger partial charge < -0.3 is 9.80 Å². The highest BCUT2D eigenvalue weighted by molar-refractivity contribution is 5.93. The molecular weight excluding hydrogens is 460 g/mol. The fourth-order valence-electron chi connectivity index (χ4n) is 5.21. The van der Waals surface area contributed by atoms with Gasteiger partial charge in [0.1, 0.15) is 17.6 Å². The van der Waals surface area contributed by atoms with Crippen molar-refractivity contribution in [2.75, 3.05) is 31.1 Å². The minimum Gasteiger partial charge on any atom is -0.371 e. The molecule has 0 unspecified atom stereocenters. The molecule has 0 saturated carbocycles. The second-order valence-electron chi connectivity index (χ2n) is 10.1. The Morgan fingerprint density at radius 2 is 1.81 bits per heavy atom. The Balaban J connectivity index is 1.57. The first kappa shape index (κ1) is 24.0. The summed E-state index contributed by atoms with van der Waals surface area (Å²) in [5.74, 6) is -0.424. The number of hydrogen-bond donors (Lipinski definition) is 0. The first-order valence-electron chi connectivity index (χ1n) is 12.5. The molecule has 6 nitrogen and oxygen atoms in total. The summed E-state index contributed by atoms with van der Waals surface area (Å²) < 4.78 is 31.4. The normalized spacial score (nSPS) is 20.0. The molecule has 1 aromatic heterocycles. The van der Waals surface area contributed by atoms with Crippen LogP contribution in [0.15, 0.2) is 42.5 Å². The minimum atomic E-state index is -0.681. The number of aromatic nitrogens is 2. The number of nitriles is 1. The summed E-state index contributed by atoms with van der Waals surface area (Å²) >= 11 is 0. The molecule has 3 aromatic rings. The Kier molecular flexibility index (Phi) is 6.48. The van der Waals surface area contributed by atoms with Crippen LogP contribution in [0.1, 0.15) is 49.2 Å². The molecule has 2 atom stereocenters. The second-order valence-corrected chi connectivity index (χ2v) is 10.1. The Morgan fingerprint density at radius 1 is 1.00 bits per heavy atom. The maximum Gasteiger partial charge on any atom is 0.274 e. The summed E-state index contributed by atoms with van der Waals surface area (Å²) in [6.07, 6.45) is 3.06. The van der Waals surface area contributed by atoms with Gasteiger partial charge in [-0.15, -0.1) is 0 Å². The number of amides is 1. The first-order valence-corrected chi connectivity index (χ1v) is 12.5. The van der Waals surface area contributed by atoms with Crippen LogP contribution in [-0.4, -0.2) is 46.8 Å². The molecule has 8 heteroatoms. The van der Waals surface area contributed by atoms with Crippen molar-refractivity contribution in [2.24, 2.45) is 11.8 Å². The molecule has 2 aliphatic rings. The molecule has 1 amide bonds. The van der Waals surface area contributed by atoms with E-state index in [-0.39, 0.29) is 22.9 Å². The number of hydrogen-bond acceptors (Lipinski definition) is 4. The van der Waals surface area contributed by atoms with Crippen LogP contribution in [0.2, 0.25) is 0 Å². The lowest BCUT2D eigenvalue weighted by atomic mass is 10.00. The van der Waals surface area contributed by atoms with Gasteiger partial charge in [0.05, 0.1) is 11.3 Å². The molecule has 0 bridgehead atoms. The lowest BCUT2D eigenvalue weighted by molar-refractivity contribution is 0.0676. The smallest absolute Gasteiger partial charge is 0.274 e. The zero-order chi connectivity index (χ0) is 25.4. The van der Waals surface area contributed by atoms with Crippen molar-refractivity contribution in [3.8, 4) is 23.0 Å². The van der Waals surface area contributed by atoms with Crippen molar-refractivity contribution in [3.05, 3.63) is 65.4 Å². The number of benzene rings is 2. The molecule has 36 heavy (non-hydrogen) atoms. The molecule has 5 rings (SSSR count). The number of rotatable bonds is 4. The molecular formula is C28H29F2N5O. The SMILES string of the molecule is C[C@@H]1CCCN(C(=O)c2cc(-c3ccc(C#N)c(F)c3)n(-c3ccc(N4CC[C@H](C)C4)cc3F)n2)C1. The summed E-state index contributed by atoms with van der Waals surface area (Å²) in [5, 5.41) is 13.6. The van der Waals surface area contributed by atoms with E-state index in [9.17, 15) is 9.18 Å². The second kappa shape index (κ2) is 9.73. The number of piperidine rings is 1. The van der Waals surface area contributed by atoms with E-state index in [1.165, 1.54) is 22.9 Å². The van der Waals surface area contributed by atoms with Gasteiger partial charge in [0.2, 0.25) is 0 Å². The Hall–Kier alpha value is -3.73. The monoisotopic (exact) mass is 489 g/mol. The molecule has 2 saturated heterocycles. The Morgan fingerprint density at radius 3 is 2.47 bits per heavy atom. The van der Waals surface area contributed by atoms with Gasteiger partial charge >= 0.3 is 0 Å². The zero-order valence-electron chi connectivity index (χ0n) is 20.5. The Labute approximate surface area is 209 Å². The summed E-state index contributed by atoms with van der Waals surface area (Å²) in [6, 6.07) is 12.6. The van der Waals surface area contributed by atoms with Crippen LogP contribution in [0.3, 0.4) is 0 Å². The predicted molar refractivity (Wildman–Crippen MR) is 134 cm³/mol. The van der Waals surface area contributed by atoms with E-state index in [0.29, 0.717) is 36.2 Å². The summed E-state index contributed by atoms with van der Waals surface area (Å²) in [4.78, 5) is 17.2. The van der Waals surface area contributed by atoms with Crippen molar-refractivity contribution in [2.45, 2.75) is 33.1 Å². The highest BCUT2D eigenvalue weighted by atomic mass is 19.1. The Bertz CT molecular complexity index is 1340. The van der Waals surface area contributed by atoms with Crippen LogP contribution in [0.4, 0.5) is 14.5 Å². The van der Waals surface area contributed by atoms with E-state index in [4.69, 9.17) is 5.26 Å². The van der Waals surface area contributed by atoms with Crippen molar-refractivity contribution < 1.29 is 13.6 Å². The highest BCUT2D eigenvalue weighted by Crippen LogP contribution is 2.31. The summed E-state index contributed by atoms with van der Waals surface area (Å²) in [5.41, 5.74) is 1.86. The van der Waals surface area contributed by atoms with Gasteiger partial charge in [-0.2, -0.15) is 10.4 Å². The maximum absolute atomic E-state index is 15.5. The van der Waals surface area contributed by atoms with Crippen LogP contribution in [0, 0.1) is 34.8 Å². The number of nitrogens with zero attached hydrogens (tertiary/aromatic N) is 5. The summed E-state index contributed by atoms with van der Waals surface area (Å²) in [7, 11) is 0. The van der Waals surface area contributed by atoms with E-state index in [1.54, 1.807) is 23.1 Å². The average molecular weight is 490 g/mol. The third-order valence-electron chi connectivity index (χ3n) is 7.21. The number of anilines is 1. The largest absolute Gasteiger partial charge is 0.371 e. The standard InChI is InChI=1S/C28H29F2N5O/c1-18-4-3-10-34(17-18)28(36)25-14-27(20-5-6-21(15-31)23(29)12-20)35(32-25)26-8-7-22(13-24(26)30)33-11-9-19(2)16-33/h5-8,12-14,18-19H,3-4,9-11,16-17H2,1-2H3/t18-,19+/m1/s1. The van der Waals surface area contributed by atoms with Gasteiger partial charge in [0.25, 0.3) is 5.91 Å². The maximum atomic E-state index is 15.5. The highest BCUT2D eigenvalue weighted by Gasteiger charge is 2.27. The van der Waals surface area contributed by atoms with Crippen molar-refractivity contribution >= 4 is 11.6 Å². The third kappa shape index (κ3) is 4.58. The van der Waals surface area contributed by atoms with E-state index in [2.05, 4.69) is 23.8 Å². The van der Waals surface area contributed by atoms with Gasteiger partial charge in [-0.1, -0.05) is 19.9 Å². The molecule has 0 spiro atoms. The molecule has 0 N–H and O–H groups in total. The fraction of sp³-hybridized carbons (Fsp3) is 0.393. The predicted octanol–water partition coefficient (Wildman–Crippen LogP) is 5.41. The van der Waals surface area contributed by atoms with Gasteiger partial charge in [0, 0.05) is 37.4 Å². The topological polar surface area (TPSA) is 65.2 Å². The van der Waals surface area contributed by atoms with Crippen molar-refractivity contribution in [3.63, 3.8) is 0 Å². The van der Waals surface area contributed by atoms with Crippen LogP contribution < -0.4 is 4.90 Å². The van der Waals surface area contributed by atoms with Gasteiger partial charge in [-0.05, 0) is 67.5 Å². The molecule has 2 aliphatic heterocycles. The van der Waals surface area contributed by atoms with Crippen LogP contribution >= 0.6 is 0 Å². The lowest BCUT2D eigenvalue weighted by Gasteiger charge is -2.30. The molecule has 0 radical (unpaired) electrons. The molecule has 3 heterocycles. The van der Waals surface area contributed by atoms with Crippen LogP contribution in [0.5, 0.6) is 0 Å². The van der Waals surface area contributed by atoms with E-state index >= 15 is 4.39 Å². The van der Waals surface area contributed by atoms with Crippen LogP contribution in [0.25, 0.3) is 16.9 Å². The van der Waals surface area contributed by atoms with Gasteiger partial charge in [0.15, 0.2) is 11.5 Å². The van der Waals surface area contributed by atoms with Crippen LogP contribution in [-0.2, 0) is 0 Å². The number of carbonyl (C=O) groups excluding carboxylic acids is 1. The van der Waals surface area contributed by atoms with E-state index in [0.717, 1.165) is 38.0 Å².